The average molecular weight is 240 g/mol. The van der Waals surface area contributed by atoms with Crippen molar-refractivity contribution in [3.8, 4) is 0 Å². The van der Waals surface area contributed by atoms with E-state index in [4.69, 9.17) is 0 Å². The van der Waals surface area contributed by atoms with Gasteiger partial charge in [-0.05, 0) is 42.0 Å². The summed E-state index contributed by atoms with van der Waals surface area (Å²) >= 11 is 0. The van der Waals surface area contributed by atoms with Gasteiger partial charge in [-0.15, -0.1) is 0 Å². The van der Waals surface area contributed by atoms with Gasteiger partial charge in [0.05, 0.1) is 11.3 Å². The highest BCUT2D eigenvalue weighted by Crippen LogP contribution is 2.58. The van der Waals surface area contributed by atoms with Crippen LogP contribution in [0.15, 0.2) is 30.5 Å². The molecule has 2 N–H and O–H groups in total. The molecule has 1 saturated carbocycles. The Morgan fingerprint density at radius 2 is 2.17 bits per heavy atom. The number of carbonyl (C=O) groups excluding carboxylic acids is 2. The molecule has 2 fully saturated rings. The van der Waals surface area contributed by atoms with Crippen molar-refractivity contribution in [2.75, 3.05) is 0 Å². The summed E-state index contributed by atoms with van der Waals surface area (Å²) in [6, 6.07) is 8.15. The Hall–Kier alpha value is -2.10. The number of carbonyl (C=O) groups is 2. The maximum absolute atomic E-state index is 11.8. The van der Waals surface area contributed by atoms with E-state index in [1.54, 1.807) is 0 Å². The van der Waals surface area contributed by atoms with E-state index in [-0.39, 0.29) is 17.7 Å². The molecule has 4 nitrogen and oxygen atoms in total. The second-order valence-corrected chi connectivity index (χ2v) is 5.31. The van der Waals surface area contributed by atoms with E-state index < -0.39 is 5.41 Å². The molecular weight excluding hydrogens is 228 g/mol. The van der Waals surface area contributed by atoms with Crippen molar-refractivity contribution in [1.29, 1.82) is 0 Å². The molecule has 0 spiro atoms. The number of hydrogen-bond acceptors (Lipinski definition) is 2. The molecule has 1 aliphatic carbocycles. The summed E-state index contributed by atoms with van der Waals surface area (Å²) in [6.07, 6.45) is 3.28. The normalized spacial score (nSPS) is 29.4. The number of hydrogen-bond donors (Lipinski definition) is 2. The van der Waals surface area contributed by atoms with Crippen LogP contribution < -0.4 is 5.32 Å². The van der Waals surface area contributed by atoms with E-state index in [0.29, 0.717) is 12.8 Å². The van der Waals surface area contributed by atoms with Crippen LogP contribution in [0.2, 0.25) is 0 Å². The Morgan fingerprint density at radius 3 is 2.89 bits per heavy atom. The van der Waals surface area contributed by atoms with Crippen LogP contribution in [-0.2, 0) is 16.0 Å². The van der Waals surface area contributed by atoms with Crippen molar-refractivity contribution in [3.05, 3.63) is 36.0 Å². The molecular formula is C14H12N2O2. The van der Waals surface area contributed by atoms with Gasteiger partial charge in [0.2, 0.25) is 11.8 Å². The van der Waals surface area contributed by atoms with Crippen molar-refractivity contribution in [1.82, 2.24) is 10.3 Å². The molecule has 0 bridgehead atoms. The Kier molecular flexibility index (Phi) is 1.66. The van der Waals surface area contributed by atoms with E-state index in [1.165, 1.54) is 0 Å². The van der Waals surface area contributed by atoms with Crippen LogP contribution in [0.3, 0.4) is 0 Å². The van der Waals surface area contributed by atoms with Gasteiger partial charge in [-0.2, -0.15) is 0 Å². The van der Waals surface area contributed by atoms with Gasteiger partial charge in [-0.25, -0.2) is 0 Å². The Bertz CT molecular complexity index is 688. The number of imide groups is 1. The Balaban J connectivity index is 1.69. The van der Waals surface area contributed by atoms with E-state index in [0.717, 1.165) is 16.5 Å². The smallest absolute Gasteiger partial charge is 0.233 e. The lowest BCUT2D eigenvalue weighted by Gasteiger charge is -2.09. The number of benzene rings is 1. The van der Waals surface area contributed by atoms with Gasteiger partial charge >= 0.3 is 0 Å². The zero-order chi connectivity index (χ0) is 12.3. The number of aromatic amines is 1. The van der Waals surface area contributed by atoms with E-state index in [2.05, 4.69) is 16.4 Å². The predicted molar refractivity (Wildman–Crippen MR) is 65.7 cm³/mol. The Morgan fingerprint density at radius 1 is 1.28 bits per heavy atom. The summed E-state index contributed by atoms with van der Waals surface area (Å²) in [5.74, 6) is -0.277. The van der Waals surface area contributed by atoms with Crippen LogP contribution in [0.25, 0.3) is 10.9 Å². The van der Waals surface area contributed by atoms with Crippen molar-refractivity contribution in [3.63, 3.8) is 0 Å². The van der Waals surface area contributed by atoms with Crippen molar-refractivity contribution >= 4 is 22.7 Å². The first-order valence-electron chi connectivity index (χ1n) is 6.10. The fourth-order valence-electron chi connectivity index (χ4n) is 3.08. The summed E-state index contributed by atoms with van der Waals surface area (Å²) in [7, 11) is 0. The zero-order valence-corrected chi connectivity index (χ0v) is 9.69. The molecule has 18 heavy (non-hydrogen) atoms. The summed E-state index contributed by atoms with van der Waals surface area (Å²) in [6.45, 7) is 0. The molecule has 0 radical (unpaired) electrons. The van der Waals surface area contributed by atoms with E-state index in [9.17, 15) is 9.59 Å². The number of amides is 2. The van der Waals surface area contributed by atoms with Gasteiger partial charge in [0, 0.05) is 11.7 Å². The van der Waals surface area contributed by atoms with Crippen molar-refractivity contribution in [2.45, 2.75) is 12.8 Å². The molecule has 4 heteroatoms. The molecule has 1 aromatic carbocycles. The topological polar surface area (TPSA) is 62.0 Å². The van der Waals surface area contributed by atoms with Crippen LogP contribution >= 0.6 is 0 Å². The number of nitrogens with one attached hydrogen (secondary N) is 2. The number of piperidine rings is 1. The third kappa shape index (κ3) is 1.15. The summed E-state index contributed by atoms with van der Waals surface area (Å²) in [4.78, 5) is 26.4. The summed E-state index contributed by atoms with van der Waals surface area (Å²) in [5.41, 5.74) is 1.77. The van der Waals surface area contributed by atoms with Gasteiger partial charge in [-0.3, -0.25) is 14.9 Å². The third-order valence-electron chi connectivity index (χ3n) is 4.22. The predicted octanol–water partition coefficient (Wildman–Crippen LogP) is 1.37. The van der Waals surface area contributed by atoms with Gasteiger partial charge in [-0.1, -0.05) is 6.07 Å². The molecule has 2 aromatic rings. The number of H-pyrrole nitrogens is 1. The summed E-state index contributed by atoms with van der Waals surface area (Å²) in [5, 5.41) is 3.57. The summed E-state index contributed by atoms with van der Waals surface area (Å²) < 4.78 is 0. The standard InChI is InChI=1S/C14H12N2O2/c17-12-10-7-14(10,13(18)16-12)6-8-1-2-11-9(5-8)3-4-15-11/h1-5,10,15H,6-7H2,(H,16,17,18). The lowest BCUT2D eigenvalue weighted by atomic mass is 9.94. The molecule has 4 rings (SSSR count). The molecule has 2 heterocycles. The first-order valence-corrected chi connectivity index (χ1v) is 6.10. The molecule has 2 unspecified atom stereocenters. The molecule has 2 atom stereocenters. The minimum atomic E-state index is -0.443. The minimum absolute atomic E-state index is 0.0908. The highest BCUT2D eigenvalue weighted by molar-refractivity contribution is 6.11. The quantitative estimate of drug-likeness (QED) is 0.779. The maximum Gasteiger partial charge on any atom is 0.233 e. The first-order chi connectivity index (χ1) is 8.69. The molecule has 90 valence electrons. The van der Waals surface area contributed by atoms with Gasteiger partial charge in [0.15, 0.2) is 0 Å². The van der Waals surface area contributed by atoms with E-state index in [1.807, 2.05) is 24.4 Å². The van der Waals surface area contributed by atoms with Crippen molar-refractivity contribution in [2.24, 2.45) is 11.3 Å². The van der Waals surface area contributed by atoms with E-state index >= 15 is 0 Å². The fraction of sp³-hybridized carbons (Fsp3) is 0.286. The van der Waals surface area contributed by atoms with Crippen LogP contribution in [-0.4, -0.2) is 16.8 Å². The van der Waals surface area contributed by atoms with Gasteiger partial charge in [0.25, 0.3) is 0 Å². The Labute approximate surface area is 103 Å². The highest BCUT2D eigenvalue weighted by Gasteiger charge is 2.68. The largest absolute Gasteiger partial charge is 0.361 e. The minimum Gasteiger partial charge on any atom is -0.361 e. The van der Waals surface area contributed by atoms with Gasteiger partial charge in [0.1, 0.15) is 0 Å². The first kappa shape index (κ1) is 9.88. The van der Waals surface area contributed by atoms with Crippen molar-refractivity contribution < 1.29 is 9.59 Å². The van der Waals surface area contributed by atoms with Crippen LogP contribution in [0, 0.1) is 11.3 Å². The second kappa shape index (κ2) is 3.02. The maximum atomic E-state index is 11.8. The monoisotopic (exact) mass is 240 g/mol. The average Bonchev–Trinajstić information content (AvgIpc) is 2.80. The second-order valence-electron chi connectivity index (χ2n) is 5.31. The SMILES string of the molecule is O=C1NC(=O)C2(Cc3ccc4[nH]ccc4c3)CC12. The molecule has 1 aliphatic heterocycles. The number of fused-ring (bicyclic) bond motifs is 2. The fourth-order valence-corrected chi connectivity index (χ4v) is 3.08. The molecule has 1 aromatic heterocycles. The number of rotatable bonds is 2. The molecule has 2 aliphatic rings. The van der Waals surface area contributed by atoms with Crippen LogP contribution in [0.1, 0.15) is 12.0 Å². The zero-order valence-electron chi connectivity index (χ0n) is 9.69. The number of aromatic nitrogens is 1. The third-order valence-corrected chi connectivity index (χ3v) is 4.22. The van der Waals surface area contributed by atoms with Crippen LogP contribution in [0.4, 0.5) is 0 Å². The molecule has 1 saturated heterocycles. The van der Waals surface area contributed by atoms with Gasteiger partial charge < -0.3 is 4.98 Å². The lowest BCUT2D eigenvalue weighted by molar-refractivity contribution is -0.128. The molecule has 2 amide bonds. The lowest BCUT2D eigenvalue weighted by Crippen LogP contribution is -2.29. The highest BCUT2D eigenvalue weighted by atomic mass is 16.2. The van der Waals surface area contributed by atoms with Crippen LogP contribution in [0.5, 0.6) is 0 Å².